The standard InChI is InChI=1S/C54H42N2/c1-53(2)47-20-8-5-15-41(47)45-32-35(25-29-49(45)53)34-23-26-37(27-24-34)56(39-28-30-50-46(33-39)42-16-6-9-21-48(42)54(50,3)4)38-14-11-13-36(31-38)40-18-12-19-44-43-17-7-10-22-51(43)55-52(40)44/h5-33,55H,1-4H3. The molecule has 2 aliphatic carbocycles. The van der Waals surface area contributed by atoms with Gasteiger partial charge in [-0.1, -0.05) is 155 Å². The molecule has 0 bridgehead atoms. The molecular formula is C54H42N2. The highest BCUT2D eigenvalue weighted by molar-refractivity contribution is 6.12. The van der Waals surface area contributed by atoms with E-state index in [0.717, 1.165) is 22.6 Å². The number of nitrogens with one attached hydrogen (secondary N) is 1. The highest BCUT2D eigenvalue weighted by Gasteiger charge is 2.36. The molecule has 0 atom stereocenters. The van der Waals surface area contributed by atoms with Crippen LogP contribution in [0.2, 0.25) is 0 Å². The molecule has 268 valence electrons. The van der Waals surface area contributed by atoms with Crippen molar-refractivity contribution in [2.45, 2.75) is 38.5 Å². The van der Waals surface area contributed by atoms with E-state index in [0.29, 0.717) is 0 Å². The average molecular weight is 719 g/mol. The van der Waals surface area contributed by atoms with Crippen molar-refractivity contribution in [1.82, 2.24) is 4.98 Å². The van der Waals surface area contributed by atoms with Crippen molar-refractivity contribution in [2.24, 2.45) is 0 Å². The molecule has 0 radical (unpaired) electrons. The Morgan fingerprint density at radius 3 is 1.64 bits per heavy atom. The van der Waals surface area contributed by atoms with E-state index in [9.17, 15) is 0 Å². The molecule has 1 N–H and O–H groups in total. The first-order chi connectivity index (χ1) is 27.3. The second kappa shape index (κ2) is 11.9. The van der Waals surface area contributed by atoms with E-state index < -0.39 is 0 Å². The summed E-state index contributed by atoms with van der Waals surface area (Å²) in [6.45, 7) is 9.38. The molecule has 0 fully saturated rings. The number of benzene rings is 8. The molecule has 1 heterocycles. The van der Waals surface area contributed by atoms with Crippen LogP contribution in [0.3, 0.4) is 0 Å². The van der Waals surface area contributed by atoms with E-state index >= 15 is 0 Å². The number of anilines is 3. The maximum atomic E-state index is 3.74. The minimum absolute atomic E-state index is 0.00515. The molecule has 56 heavy (non-hydrogen) atoms. The molecule has 0 saturated carbocycles. The van der Waals surface area contributed by atoms with Crippen LogP contribution in [0.4, 0.5) is 17.1 Å². The Hall–Kier alpha value is -6.64. The Bertz CT molecular complexity index is 3030. The van der Waals surface area contributed by atoms with Gasteiger partial charge >= 0.3 is 0 Å². The molecule has 0 spiro atoms. The lowest BCUT2D eigenvalue weighted by molar-refractivity contribution is 0.660. The lowest BCUT2D eigenvalue weighted by atomic mass is 9.82. The second-order valence-electron chi connectivity index (χ2n) is 16.7. The first-order valence-corrected chi connectivity index (χ1v) is 19.8. The summed E-state index contributed by atoms with van der Waals surface area (Å²) in [4.78, 5) is 6.16. The van der Waals surface area contributed by atoms with Crippen LogP contribution in [0.15, 0.2) is 176 Å². The van der Waals surface area contributed by atoms with Gasteiger partial charge in [0.25, 0.3) is 0 Å². The van der Waals surface area contributed by atoms with Crippen molar-refractivity contribution < 1.29 is 0 Å². The molecule has 2 nitrogen and oxygen atoms in total. The zero-order chi connectivity index (χ0) is 37.8. The summed E-state index contributed by atoms with van der Waals surface area (Å²) in [5, 5.41) is 2.49. The molecule has 8 aromatic carbocycles. The Morgan fingerprint density at radius 1 is 0.357 bits per heavy atom. The van der Waals surface area contributed by atoms with Gasteiger partial charge in [-0.15, -0.1) is 0 Å². The fraction of sp³-hybridized carbons (Fsp3) is 0.111. The van der Waals surface area contributed by atoms with E-state index in [1.165, 1.54) is 83.1 Å². The Balaban J connectivity index is 1.05. The minimum Gasteiger partial charge on any atom is -0.354 e. The van der Waals surface area contributed by atoms with Gasteiger partial charge in [-0.3, -0.25) is 0 Å². The number of hydrogen-bond donors (Lipinski definition) is 1. The fourth-order valence-electron chi connectivity index (χ4n) is 9.92. The highest BCUT2D eigenvalue weighted by atomic mass is 15.1. The van der Waals surface area contributed by atoms with Crippen molar-refractivity contribution in [3.05, 3.63) is 198 Å². The van der Waals surface area contributed by atoms with E-state index in [2.05, 4.69) is 214 Å². The second-order valence-corrected chi connectivity index (χ2v) is 16.7. The van der Waals surface area contributed by atoms with E-state index in [1.54, 1.807) is 0 Å². The smallest absolute Gasteiger partial charge is 0.0544 e. The zero-order valence-electron chi connectivity index (χ0n) is 32.2. The highest BCUT2D eigenvalue weighted by Crippen LogP contribution is 2.52. The summed E-state index contributed by atoms with van der Waals surface area (Å²) in [7, 11) is 0. The molecule has 2 heteroatoms. The van der Waals surface area contributed by atoms with Crippen LogP contribution in [0, 0.1) is 0 Å². The summed E-state index contributed by atoms with van der Waals surface area (Å²) in [6.07, 6.45) is 0. The molecule has 11 rings (SSSR count). The maximum Gasteiger partial charge on any atom is 0.0544 e. The normalized spacial score (nSPS) is 14.4. The first-order valence-electron chi connectivity index (χ1n) is 19.8. The van der Waals surface area contributed by atoms with Crippen LogP contribution in [-0.4, -0.2) is 4.98 Å². The molecule has 1 aromatic heterocycles. The Kier molecular flexibility index (Phi) is 6.98. The maximum absolute atomic E-state index is 3.74. The van der Waals surface area contributed by atoms with Crippen molar-refractivity contribution in [3.63, 3.8) is 0 Å². The molecular weight excluding hydrogens is 677 g/mol. The fourth-order valence-corrected chi connectivity index (χ4v) is 9.92. The van der Waals surface area contributed by atoms with E-state index in [-0.39, 0.29) is 10.8 Å². The van der Waals surface area contributed by atoms with Gasteiger partial charge in [0.05, 0.1) is 5.52 Å². The van der Waals surface area contributed by atoms with Gasteiger partial charge in [0.1, 0.15) is 0 Å². The molecule has 9 aromatic rings. The predicted molar refractivity (Wildman–Crippen MR) is 236 cm³/mol. The third-order valence-electron chi connectivity index (χ3n) is 12.8. The zero-order valence-corrected chi connectivity index (χ0v) is 32.2. The minimum atomic E-state index is -0.0549. The number of nitrogens with zero attached hydrogens (tertiary/aromatic N) is 1. The van der Waals surface area contributed by atoms with Crippen molar-refractivity contribution in [2.75, 3.05) is 4.90 Å². The number of H-pyrrole nitrogens is 1. The van der Waals surface area contributed by atoms with Crippen LogP contribution in [0.5, 0.6) is 0 Å². The van der Waals surface area contributed by atoms with Gasteiger partial charge in [0.2, 0.25) is 0 Å². The summed E-state index contributed by atoms with van der Waals surface area (Å²) >= 11 is 0. The van der Waals surface area contributed by atoms with Gasteiger partial charge in [-0.25, -0.2) is 0 Å². The van der Waals surface area contributed by atoms with Gasteiger partial charge in [-0.05, 0) is 110 Å². The first kappa shape index (κ1) is 32.8. The third kappa shape index (κ3) is 4.75. The van der Waals surface area contributed by atoms with Crippen LogP contribution < -0.4 is 4.90 Å². The summed E-state index contributed by atoms with van der Waals surface area (Å²) in [6, 6.07) is 65.3. The van der Waals surface area contributed by atoms with Gasteiger partial charge in [0, 0.05) is 49.7 Å². The Labute approximate surface area is 328 Å². The number of aromatic nitrogens is 1. The van der Waals surface area contributed by atoms with Crippen LogP contribution in [-0.2, 0) is 10.8 Å². The molecule has 0 aliphatic heterocycles. The van der Waals surface area contributed by atoms with Crippen molar-refractivity contribution in [3.8, 4) is 44.5 Å². The average Bonchev–Trinajstić information content (AvgIpc) is 3.81. The molecule has 0 unspecified atom stereocenters. The number of para-hydroxylation sites is 2. The van der Waals surface area contributed by atoms with Gasteiger partial charge < -0.3 is 9.88 Å². The Morgan fingerprint density at radius 2 is 0.893 bits per heavy atom. The third-order valence-corrected chi connectivity index (χ3v) is 12.8. The summed E-state index contributed by atoms with van der Waals surface area (Å²) in [5.74, 6) is 0. The van der Waals surface area contributed by atoms with E-state index in [4.69, 9.17) is 0 Å². The predicted octanol–water partition coefficient (Wildman–Crippen LogP) is 14.7. The summed E-state index contributed by atoms with van der Waals surface area (Å²) < 4.78 is 0. The molecule has 2 aliphatic rings. The SMILES string of the molecule is CC1(C)c2ccccc2-c2cc(-c3ccc(N(c4cccc(-c5cccc6c5[nH]c5ccccc56)c4)c4ccc5c(c4)-c4ccccc4C5(C)C)cc3)ccc21. The van der Waals surface area contributed by atoms with Crippen LogP contribution >= 0.6 is 0 Å². The number of hydrogen-bond acceptors (Lipinski definition) is 1. The van der Waals surface area contributed by atoms with Crippen molar-refractivity contribution >= 4 is 38.9 Å². The lowest BCUT2D eigenvalue weighted by Crippen LogP contribution is -2.15. The number of rotatable bonds is 5. The van der Waals surface area contributed by atoms with E-state index in [1.807, 2.05) is 0 Å². The monoisotopic (exact) mass is 718 g/mol. The quantitative estimate of drug-likeness (QED) is 0.188. The number of aromatic amines is 1. The number of fused-ring (bicyclic) bond motifs is 9. The molecule has 0 saturated heterocycles. The van der Waals surface area contributed by atoms with Crippen LogP contribution in [0.1, 0.15) is 49.9 Å². The van der Waals surface area contributed by atoms with Crippen LogP contribution in [0.25, 0.3) is 66.3 Å². The van der Waals surface area contributed by atoms with Gasteiger partial charge in [0.15, 0.2) is 0 Å². The van der Waals surface area contributed by atoms with Gasteiger partial charge in [-0.2, -0.15) is 0 Å². The summed E-state index contributed by atoms with van der Waals surface area (Å²) in [5.41, 5.74) is 21.3. The van der Waals surface area contributed by atoms with Crippen molar-refractivity contribution in [1.29, 1.82) is 0 Å². The molecule has 0 amide bonds. The largest absolute Gasteiger partial charge is 0.354 e. The topological polar surface area (TPSA) is 19.0 Å². The lowest BCUT2D eigenvalue weighted by Gasteiger charge is -2.28.